The van der Waals surface area contributed by atoms with E-state index in [9.17, 15) is 9.90 Å². The third kappa shape index (κ3) is 2.92. The van der Waals surface area contributed by atoms with Crippen molar-refractivity contribution in [3.8, 4) is 5.75 Å². The zero-order chi connectivity index (χ0) is 20.9. The molecule has 0 radical (unpaired) electrons. The van der Waals surface area contributed by atoms with Crippen LogP contribution >= 0.6 is 0 Å². The van der Waals surface area contributed by atoms with Crippen molar-refractivity contribution in [3.63, 3.8) is 0 Å². The van der Waals surface area contributed by atoms with Gasteiger partial charge in [0.25, 0.3) is 5.56 Å². The van der Waals surface area contributed by atoms with E-state index in [0.717, 1.165) is 32.4 Å². The van der Waals surface area contributed by atoms with Gasteiger partial charge < -0.3 is 26.1 Å². The van der Waals surface area contributed by atoms with Gasteiger partial charge in [-0.25, -0.2) is 0 Å². The number of hydrogen-bond donors (Lipinski definition) is 4. The van der Waals surface area contributed by atoms with Crippen LogP contribution in [-0.2, 0) is 6.42 Å². The summed E-state index contributed by atoms with van der Waals surface area (Å²) in [5.74, 6) is 0.582. The average Bonchev–Trinajstić information content (AvgIpc) is 3.36. The molecular formula is C23H27N5O2. The molecule has 3 aliphatic rings. The first-order chi connectivity index (χ1) is 14.5. The Hall–Kier alpha value is -3.06. The Morgan fingerprint density at radius 2 is 2.07 bits per heavy atom. The highest BCUT2D eigenvalue weighted by atomic mass is 16.3. The molecule has 0 saturated carbocycles. The molecule has 0 amide bonds. The number of allylic oxidation sites excluding steroid dienone is 1. The molecule has 2 aliphatic heterocycles. The van der Waals surface area contributed by atoms with Crippen molar-refractivity contribution < 1.29 is 5.11 Å². The van der Waals surface area contributed by atoms with Crippen LogP contribution in [0.3, 0.4) is 0 Å². The standard InChI is InChI=1S/C23H27N5O2/c1-14(17-6-9-25-27-17)20-18(29)12-19(26-22(20)30)28-10-7-23(8-11-28)13-15-4-2-3-5-16(15)21(23)24/h2-5,12,21,25H,1,6-11,13,24H2,(H2,26,29,30)/t21-/m1/s1. The Bertz CT molecular complexity index is 1100. The lowest BCUT2D eigenvalue weighted by Crippen LogP contribution is -2.45. The van der Waals surface area contributed by atoms with E-state index in [0.29, 0.717) is 30.1 Å². The van der Waals surface area contributed by atoms with Crippen molar-refractivity contribution in [2.45, 2.75) is 31.7 Å². The van der Waals surface area contributed by atoms with Gasteiger partial charge in [0.15, 0.2) is 0 Å². The van der Waals surface area contributed by atoms with Crippen LogP contribution in [0, 0.1) is 5.41 Å². The minimum atomic E-state index is -0.338. The Morgan fingerprint density at radius 1 is 1.30 bits per heavy atom. The van der Waals surface area contributed by atoms with Gasteiger partial charge in [0.05, 0.1) is 11.3 Å². The van der Waals surface area contributed by atoms with Gasteiger partial charge in [0, 0.05) is 43.7 Å². The van der Waals surface area contributed by atoms with Crippen LogP contribution in [0.1, 0.15) is 42.0 Å². The van der Waals surface area contributed by atoms with Gasteiger partial charge in [-0.2, -0.15) is 5.10 Å². The number of H-pyrrole nitrogens is 1. The minimum Gasteiger partial charge on any atom is -0.507 e. The maximum Gasteiger partial charge on any atom is 0.261 e. The molecule has 5 N–H and O–H groups in total. The van der Waals surface area contributed by atoms with Crippen molar-refractivity contribution in [2.24, 2.45) is 16.3 Å². The molecule has 1 atom stereocenters. The SMILES string of the molecule is C=C(C1=NNCC1)c1c(O)cc(N2CCC3(CC2)Cc2ccccc2[C@H]3N)[nH]c1=O. The van der Waals surface area contributed by atoms with E-state index in [1.165, 1.54) is 11.1 Å². The number of aromatic hydroxyl groups is 1. The summed E-state index contributed by atoms with van der Waals surface area (Å²) in [4.78, 5) is 17.8. The van der Waals surface area contributed by atoms with Crippen molar-refractivity contribution in [1.82, 2.24) is 10.4 Å². The van der Waals surface area contributed by atoms with Crippen LogP contribution < -0.4 is 21.6 Å². The topological polar surface area (TPSA) is 107 Å². The molecule has 156 valence electrons. The second-order valence-electron chi connectivity index (χ2n) is 8.64. The van der Waals surface area contributed by atoms with Gasteiger partial charge in [0.1, 0.15) is 11.6 Å². The number of pyridine rings is 1. The lowest BCUT2D eigenvalue weighted by Gasteiger charge is -2.42. The fourth-order valence-electron chi connectivity index (χ4n) is 5.24. The molecule has 1 spiro atoms. The van der Waals surface area contributed by atoms with Gasteiger partial charge in [-0.05, 0) is 35.8 Å². The number of rotatable bonds is 3. The number of aromatic nitrogens is 1. The van der Waals surface area contributed by atoms with Crippen LogP contribution in [0.25, 0.3) is 5.57 Å². The first kappa shape index (κ1) is 18.9. The molecule has 2 aromatic rings. The molecule has 1 saturated heterocycles. The highest BCUT2D eigenvalue weighted by Gasteiger charge is 2.45. The largest absolute Gasteiger partial charge is 0.507 e. The zero-order valence-electron chi connectivity index (χ0n) is 16.9. The first-order valence-corrected chi connectivity index (χ1v) is 10.5. The summed E-state index contributed by atoms with van der Waals surface area (Å²) >= 11 is 0. The summed E-state index contributed by atoms with van der Waals surface area (Å²) < 4.78 is 0. The lowest BCUT2D eigenvalue weighted by molar-refractivity contribution is 0.187. The second-order valence-corrected chi connectivity index (χ2v) is 8.64. The van der Waals surface area contributed by atoms with E-state index in [1.807, 2.05) is 0 Å². The molecule has 0 unspecified atom stereocenters. The molecule has 3 heterocycles. The number of hydrazone groups is 1. The maximum absolute atomic E-state index is 12.8. The monoisotopic (exact) mass is 405 g/mol. The maximum atomic E-state index is 12.8. The lowest BCUT2D eigenvalue weighted by atomic mass is 9.73. The molecule has 1 fully saturated rings. The Labute approximate surface area is 175 Å². The molecule has 1 aromatic carbocycles. The van der Waals surface area contributed by atoms with Gasteiger partial charge >= 0.3 is 0 Å². The van der Waals surface area contributed by atoms with E-state index in [2.05, 4.69) is 51.3 Å². The fraction of sp³-hybridized carbons (Fsp3) is 0.391. The van der Waals surface area contributed by atoms with Crippen LogP contribution in [0.4, 0.5) is 5.82 Å². The van der Waals surface area contributed by atoms with Gasteiger partial charge in [-0.15, -0.1) is 0 Å². The molecule has 30 heavy (non-hydrogen) atoms. The van der Waals surface area contributed by atoms with E-state index in [4.69, 9.17) is 5.73 Å². The van der Waals surface area contributed by atoms with Gasteiger partial charge in [-0.1, -0.05) is 30.8 Å². The number of anilines is 1. The number of nitrogens with one attached hydrogen (secondary N) is 2. The summed E-state index contributed by atoms with van der Waals surface area (Å²) in [7, 11) is 0. The number of benzene rings is 1. The highest BCUT2D eigenvalue weighted by molar-refractivity contribution is 6.24. The van der Waals surface area contributed by atoms with Crippen molar-refractivity contribution in [1.29, 1.82) is 0 Å². The van der Waals surface area contributed by atoms with Crippen LogP contribution in [0.2, 0.25) is 0 Å². The van der Waals surface area contributed by atoms with Crippen molar-refractivity contribution in [3.05, 3.63) is 64.0 Å². The van der Waals surface area contributed by atoms with Gasteiger partial charge in [-0.3, -0.25) is 4.79 Å². The normalized spacial score (nSPS) is 22.0. The van der Waals surface area contributed by atoms with E-state index < -0.39 is 0 Å². The second kappa shape index (κ2) is 7.02. The number of piperidine rings is 1. The van der Waals surface area contributed by atoms with E-state index in [1.54, 1.807) is 6.07 Å². The summed E-state index contributed by atoms with van der Waals surface area (Å²) in [5, 5.41) is 14.7. The van der Waals surface area contributed by atoms with Crippen LogP contribution in [0.15, 0.2) is 46.8 Å². The molecule has 1 aliphatic carbocycles. The number of nitrogens with zero attached hydrogens (tertiary/aromatic N) is 2. The molecular weight excluding hydrogens is 378 g/mol. The number of fused-ring (bicyclic) bond motifs is 1. The molecule has 5 rings (SSSR count). The van der Waals surface area contributed by atoms with E-state index >= 15 is 0 Å². The average molecular weight is 406 g/mol. The van der Waals surface area contributed by atoms with Gasteiger partial charge in [0.2, 0.25) is 0 Å². The predicted octanol–water partition coefficient (Wildman–Crippen LogP) is 2.29. The first-order valence-electron chi connectivity index (χ1n) is 10.5. The summed E-state index contributed by atoms with van der Waals surface area (Å²) in [6.45, 7) is 6.26. The Kier molecular flexibility index (Phi) is 4.43. The van der Waals surface area contributed by atoms with Crippen LogP contribution in [0.5, 0.6) is 5.75 Å². The highest BCUT2D eigenvalue weighted by Crippen LogP contribution is 2.50. The minimum absolute atomic E-state index is 0.0507. The predicted molar refractivity (Wildman–Crippen MR) is 119 cm³/mol. The molecule has 7 heteroatoms. The molecule has 7 nitrogen and oxygen atoms in total. The van der Waals surface area contributed by atoms with Crippen molar-refractivity contribution in [2.75, 3.05) is 24.5 Å². The quantitative estimate of drug-likeness (QED) is 0.627. The summed E-state index contributed by atoms with van der Waals surface area (Å²) in [6.07, 6.45) is 3.59. The number of nitrogens with two attached hydrogens (primary N) is 1. The van der Waals surface area contributed by atoms with Crippen molar-refractivity contribution >= 4 is 17.1 Å². The number of hydrogen-bond acceptors (Lipinski definition) is 6. The Balaban J connectivity index is 1.35. The molecule has 1 aromatic heterocycles. The molecule has 0 bridgehead atoms. The number of aromatic amines is 1. The van der Waals surface area contributed by atoms with E-state index in [-0.39, 0.29) is 28.3 Å². The third-order valence-corrected chi connectivity index (χ3v) is 7.03. The fourth-order valence-corrected chi connectivity index (χ4v) is 5.24. The van der Waals surface area contributed by atoms with Crippen LogP contribution in [-0.4, -0.2) is 35.4 Å². The Morgan fingerprint density at radius 3 is 2.73 bits per heavy atom. The smallest absolute Gasteiger partial charge is 0.261 e. The zero-order valence-corrected chi connectivity index (χ0v) is 16.9. The summed E-state index contributed by atoms with van der Waals surface area (Å²) in [5.41, 5.74) is 13.3. The summed E-state index contributed by atoms with van der Waals surface area (Å²) in [6, 6.07) is 10.1. The third-order valence-electron chi connectivity index (χ3n) is 7.03.